The zero-order chi connectivity index (χ0) is 18.7. The van der Waals surface area contributed by atoms with E-state index in [1.165, 1.54) is 0 Å². The summed E-state index contributed by atoms with van der Waals surface area (Å²) >= 11 is 3.43. The SMILES string of the molecule is C#CCOc1c(Br)cc(C=C2C(=O)c3ccccc3C2=O)cc1OCC. The number of halogens is 1. The van der Waals surface area contributed by atoms with Gasteiger partial charge in [-0.25, -0.2) is 0 Å². The van der Waals surface area contributed by atoms with Gasteiger partial charge in [0.25, 0.3) is 0 Å². The lowest BCUT2D eigenvalue weighted by Crippen LogP contribution is -2.02. The second kappa shape index (κ2) is 7.59. The molecule has 2 aromatic carbocycles. The molecule has 0 N–H and O–H groups in total. The molecule has 5 heteroatoms. The first-order valence-corrected chi connectivity index (χ1v) is 8.78. The maximum atomic E-state index is 12.5. The molecule has 0 saturated heterocycles. The fraction of sp³-hybridized carbons (Fsp3) is 0.143. The first-order chi connectivity index (χ1) is 12.6. The molecule has 1 aliphatic rings. The second-order valence-electron chi connectivity index (χ2n) is 5.52. The highest BCUT2D eigenvalue weighted by molar-refractivity contribution is 9.10. The van der Waals surface area contributed by atoms with Crippen LogP contribution in [-0.4, -0.2) is 24.8 Å². The smallest absolute Gasteiger partial charge is 0.197 e. The van der Waals surface area contributed by atoms with Crippen LogP contribution in [0.5, 0.6) is 11.5 Å². The Morgan fingerprint density at radius 2 is 1.77 bits per heavy atom. The fourth-order valence-corrected chi connectivity index (χ4v) is 3.33. The summed E-state index contributed by atoms with van der Waals surface area (Å²) in [4.78, 5) is 25.1. The average molecular weight is 411 g/mol. The van der Waals surface area contributed by atoms with Crippen LogP contribution in [0.25, 0.3) is 6.08 Å². The highest BCUT2D eigenvalue weighted by atomic mass is 79.9. The Morgan fingerprint density at radius 1 is 1.12 bits per heavy atom. The van der Waals surface area contributed by atoms with Crippen LogP contribution in [-0.2, 0) is 0 Å². The Labute approximate surface area is 159 Å². The summed E-state index contributed by atoms with van der Waals surface area (Å²) in [6.45, 7) is 2.39. The van der Waals surface area contributed by atoms with Gasteiger partial charge in [0.15, 0.2) is 23.1 Å². The maximum absolute atomic E-state index is 12.5. The van der Waals surface area contributed by atoms with Crippen molar-refractivity contribution in [2.75, 3.05) is 13.2 Å². The number of ether oxygens (including phenoxy) is 2. The number of terminal acetylenes is 1. The number of benzene rings is 2. The molecular weight excluding hydrogens is 396 g/mol. The Bertz CT molecular complexity index is 929. The van der Waals surface area contributed by atoms with Crippen LogP contribution in [0, 0.1) is 12.3 Å². The molecule has 26 heavy (non-hydrogen) atoms. The molecule has 0 radical (unpaired) electrons. The Balaban J connectivity index is 2.03. The van der Waals surface area contributed by atoms with E-state index >= 15 is 0 Å². The van der Waals surface area contributed by atoms with Crippen molar-refractivity contribution in [1.29, 1.82) is 0 Å². The first kappa shape index (κ1) is 18.0. The summed E-state index contributed by atoms with van der Waals surface area (Å²) in [5.41, 5.74) is 1.65. The summed E-state index contributed by atoms with van der Waals surface area (Å²) in [6, 6.07) is 10.3. The van der Waals surface area contributed by atoms with Gasteiger partial charge < -0.3 is 9.47 Å². The van der Waals surface area contributed by atoms with E-state index in [0.717, 1.165) is 0 Å². The number of rotatable bonds is 5. The number of hydrogen-bond donors (Lipinski definition) is 0. The molecule has 0 saturated carbocycles. The number of hydrogen-bond acceptors (Lipinski definition) is 4. The van der Waals surface area contributed by atoms with Crippen LogP contribution in [0.3, 0.4) is 0 Å². The largest absolute Gasteiger partial charge is 0.490 e. The van der Waals surface area contributed by atoms with E-state index in [-0.39, 0.29) is 23.7 Å². The fourth-order valence-electron chi connectivity index (χ4n) is 2.76. The van der Waals surface area contributed by atoms with E-state index in [2.05, 4.69) is 21.9 Å². The minimum absolute atomic E-state index is 0.103. The number of allylic oxidation sites excluding steroid dienone is 1. The minimum atomic E-state index is -0.271. The van der Waals surface area contributed by atoms with Gasteiger partial charge in [-0.05, 0) is 46.6 Å². The van der Waals surface area contributed by atoms with Gasteiger partial charge in [-0.3, -0.25) is 9.59 Å². The van der Waals surface area contributed by atoms with Crippen molar-refractivity contribution in [2.45, 2.75) is 6.92 Å². The van der Waals surface area contributed by atoms with Gasteiger partial charge in [-0.15, -0.1) is 6.42 Å². The lowest BCUT2D eigenvalue weighted by atomic mass is 10.1. The Hall–Kier alpha value is -2.84. The van der Waals surface area contributed by atoms with E-state index in [9.17, 15) is 9.59 Å². The number of fused-ring (bicyclic) bond motifs is 1. The van der Waals surface area contributed by atoms with E-state index in [4.69, 9.17) is 15.9 Å². The molecule has 2 aromatic rings. The van der Waals surface area contributed by atoms with E-state index in [0.29, 0.717) is 39.3 Å². The van der Waals surface area contributed by atoms with E-state index < -0.39 is 0 Å². The minimum Gasteiger partial charge on any atom is -0.490 e. The second-order valence-corrected chi connectivity index (χ2v) is 6.37. The van der Waals surface area contributed by atoms with Gasteiger partial charge >= 0.3 is 0 Å². The third kappa shape index (κ3) is 3.29. The van der Waals surface area contributed by atoms with Gasteiger partial charge in [0.05, 0.1) is 16.7 Å². The summed E-state index contributed by atoms with van der Waals surface area (Å²) in [7, 11) is 0. The quantitative estimate of drug-likeness (QED) is 0.418. The van der Waals surface area contributed by atoms with Crippen molar-refractivity contribution < 1.29 is 19.1 Å². The normalized spacial score (nSPS) is 12.6. The Morgan fingerprint density at radius 3 is 2.35 bits per heavy atom. The molecule has 0 unspecified atom stereocenters. The highest BCUT2D eigenvalue weighted by Gasteiger charge is 2.32. The summed E-state index contributed by atoms with van der Waals surface area (Å²) in [5.74, 6) is 2.84. The molecule has 0 atom stereocenters. The lowest BCUT2D eigenvalue weighted by Gasteiger charge is -2.13. The van der Waals surface area contributed by atoms with E-state index in [1.54, 1.807) is 42.5 Å². The first-order valence-electron chi connectivity index (χ1n) is 7.99. The molecule has 1 aliphatic carbocycles. The van der Waals surface area contributed by atoms with Gasteiger partial charge in [0.1, 0.15) is 6.61 Å². The maximum Gasteiger partial charge on any atom is 0.197 e. The molecular formula is C21H15BrO4. The van der Waals surface area contributed by atoms with Crippen molar-refractivity contribution in [1.82, 2.24) is 0 Å². The van der Waals surface area contributed by atoms with Crippen LogP contribution in [0.15, 0.2) is 46.4 Å². The topological polar surface area (TPSA) is 52.6 Å². The molecule has 0 bridgehead atoms. The third-order valence-corrected chi connectivity index (χ3v) is 4.44. The average Bonchev–Trinajstić information content (AvgIpc) is 2.87. The van der Waals surface area contributed by atoms with Crippen molar-refractivity contribution in [2.24, 2.45) is 0 Å². The zero-order valence-corrected chi connectivity index (χ0v) is 15.6. The molecule has 130 valence electrons. The number of Topliss-reactive ketones (excluding diaryl/α,β-unsaturated/α-hetero) is 2. The van der Waals surface area contributed by atoms with Crippen LogP contribution < -0.4 is 9.47 Å². The summed E-state index contributed by atoms with van der Waals surface area (Å²) in [6.07, 6.45) is 6.82. The molecule has 0 heterocycles. The number of ketones is 2. The van der Waals surface area contributed by atoms with Crippen LogP contribution in [0.1, 0.15) is 33.2 Å². The molecule has 0 aromatic heterocycles. The molecule has 0 aliphatic heterocycles. The highest BCUT2D eigenvalue weighted by Crippen LogP contribution is 2.38. The monoisotopic (exact) mass is 410 g/mol. The zero-order valence-electron chi connectivity index (χ0n) is 14.0. The predicted octanol–water partition coefficient (Wildman–Crippen LogP) is 4.32. The van der Waals surface area contributed by atoms with Crippen molar-refractivity contribution in [3.63, 3.8) is 0 Å². The van der Waals surface area contributed by atoms with Gasteiger partial charge in [-0.2, -0.15) is 0 Å². The van der Waals surface area contributed by atoms with Gasteiger partial charge in [0, 0.05) is 11.1 Å². The predicted molar refractivity (Wildman–Crippen MR) is 103 cm³/mol. The standard InChI is InChI=1S/C21H15BrO4/c1-3-9-26-21-17(22)11-13(12-18(21)25-4-2)10-16-19(23)14-7-5-6-8-15(14)20(16)24/h1,5-8,10-12H,4,9H2,2H3. The molecule has 3 rings (SSSR count). The molecule has 0 fully saturated rings. The van der Waals surface area contributed by atoms with Crippen molar-refractivity contribution in [3.8, 4) is 23.8 Å². The summed E-state index contributed by atoms with van der Waals surface area (Å²) in [5, 5.41) is 0. The van der Waals surface area contributed by atoms with Crippen LogP contribution in [0.4, 0.5) is 0 Å². The number of carbonyl (C=O) groups is 2. The molecule has 0 amide bonds. The van der Waals surface area contributed by atoms with Crippen LogP contribution >= 0.6 is 15.9 Å². The lowest BCUT2D eigenvalue weighted by molar-refractivity contribution is 0.0990. The van der Waals surface area contributed by atoms with E-state index in [1.807, 2.05) is 6.92 Å². The molecule has 4 nitrogen and oxygen atoms in total. The van der Waals surface area contributed by atoms with Crippen molar-refractivity contribution in [3.05, 3.63) is 63.1 Å². The summed E-state index contributed by atoms with van der Waals surface area (Å²) < 4.78 is 11.8. The van der Waals surface area contributed by atoms with Crippen LogP contribution in [0.2, 0.25) is 0 Å². The van der Waals surface area contributed by atoms with Crippen molar-refractivity contribution >= 4 is 33.6 Å². The Kier molecular flexibility index (Phi) is 5.24. The molecule has 0 spiro atoms. The number of carbonyl (C=O) groups excluding carboxylic acids is 2. The van der Waals surface area contributed by atoms with Gasteiger partial charge in [-0.1, -0.05) is 30.2 Å². The third-order valence-electron chi connectivity index (χ3n) is 3.85. The van der Waals surface area contributed by atoms with Gasteiger partial charge in [0.2, 0.25) is 0 Å².